The van der Waals surface area contributed by atoms with Crippen molar-refractivity contribution in [2.24, 2.45) is 0 Å². The summed E-state index contributed by atoms with van der Waals surface area (Å²) in [5.74, 6) is 0.945. The normalized spacial score (nSPS) is 12.4. The van der Waals surface area contributed by atoms with E-state index in [4.69, 9.17) is 4.74 Å². The molecule has 1 aromatic heterocycles. The summed E-state index contributed by atoms with van der Waals surface area (Å²) in [6.07, 6.45) is 4.85. The van der Waals surface area contributed by atoms with Crippen molar-refractivity contribution in [2.45, 2.75) is 46.4 Å². The number of nitrogens with zero attached hydrogens (tertiary/aromatic N) is 2. The second-order valence-corrected chi connectivity index (χ2v) is 5.42. The topological polar surface area (TPSA) is 39.1 Å². The Morgan fingerprint density at radius 3 is 2.90 bits per heavy atom. The minimum atomic E-state index is 0.265. The number of ether oxygens (including phenoxy) is 1. The lowest BCUT2D eigenvalue weighted by atomic mass is 10.1. The molecule has 4 nitrogen and oxygen atoms in total. The zero-order valence-electron chi connectivity index (χ0n) is 13.4. The zero-order valence-corrected chi connectivity index (χ0v) is 13.4. The van der Waals surface area contributed by atoms with Gasteiger partial charge in [0.1, 0.15) is 12.4 Å². The van der Waals surface area contributed by atoms with Crippen LogP contribution >= 0.6 is 0 Å². The van der Waals surface area contributed by atoms with Crippen LogP contribution in [0, 0.1) is 6.92 Å². The highest BCUT2D eigenvalue weighted by atomic mass is 16.5. The van der Waals surface area contributed by atoms with Crippen molar-refractivity contribution >= 4 is 0 Å². The molecule has 2 aromatic rings. The van der Waals surface area contributed by atoms with E-state index in [0.717, 1.165) is 24.4 Å². The maximum absolute atomic E-state index is 6.07. The summed E-state index contributed by atoms with van der Waals surface area (Å²) in [5, 5.41) is 3.27. The molecular formula is C17H25N3O. The number of aryl methyl sites for hydroxylation is 2. The summed E-state index contributed by atoms with van der Waals surface area (Å²) in [4.78, 5) is 4.21. The molecular weight excluding hydrogens is 262 g/mol. The fourth-order valence-electron chi connectivity index (χ4n) is 2.34. The van der Waals surface area contributed by atoms with Crippen LogP contribution in [0.3, 0.4) is 0 Å². The van der Waals surface area contributed by atoms with Crippen molar-refractivity contribution in [2.75, 3.05) is 7.05 Å². The Balaban J connectivity index is 2.15. The highest BCUT2D eigenvalue weighted by Crippen LogP contribution is 2.27. The summed E-state index contributed by atoms with van der Waals surface area (Å²) in [7, 11) is 1.96. The molecule has 0 spiro atoms. The monoisotopic (exact) mass is 287 g/mol. The van der Waals surface area contributed by atoms with E-state index in [9.17, 15) is 0 Å². The number of rotatable bonds is 7. The van der Waals surface area contributed by atoms with Gasteiger partial charge in [-0.15, -0.1) is 0 Å². The van der Waals surface area contributed by atoms with Crippen LogP contribution in [0.1, 0.15) is 43.1 Å². The van der Waals surface area contributed by atoms with E-state index in [2.05, 4.69) is 53.8 Å². The van der Waals surface area contributed by atoms with Crippen molar-refractivity contribution in [3.8, 4) is 5.75 Å². The third-order valence-electron chi connectivity index (χ3n) is 3.71. The molecule has 1 aromatic carbocycles. The predicted octanol–water partition coefficient (Wildman–Crippen LogP) is 3.46. The number of aromatic nitrogens is 2. The number of hydrogen-bond donors (Lipinski definition) is 1. The summed E-state index contributed by atoms with van der Waals surface area (Å²) in [5.41, 5.74) is 3.50. The molecule has 1 unspecified atom stereocenters. The van der Waals surface area contributed by atoms with E-state index in [1.54, 1.807) is 0 Å². The quantitative estimate of drug-likeness (QED) is 0.847. The van der Waals surface area contributed by atoms with Gasteiger partial charge in [0.15, 0.2) is 0 Å². The molecule has 0 amide bonds. The number of benzene rings is 1. The largest absolute Gasteiger partial charge is 0.487 e. The van der Waals surface area contributed by atoms with Crippen LogP contribution in [0.2, 0.25) is 0 Å². The zero-order chi connectivity index (χ0) is 15.2. The highest BCUT2D eigenvalue weighted by molar-refractivity contribution is 5.39. The second kappa shape index (κ2) is 7.27. The molecule has 0 aliphatic carbocycles. The van der Waals surface area contributed by atoms with Crippen molar-refractivity contribution < 1.29 is 4.74 Å². The first-order valence-corrected chi connectivity index (χ1v) is 7.55. The van der Waals surface area contributed by atoms with Crippen LogP contribution < -0.4 is 10.1 Å². The van der Waals surface area contributed by atoms with Crippen LogP contribution in [-0.4, -0.2) is 16.6 Å². The average Bonchev–Trinajstić information content (AvgIpc) is 2.92. The van der Waals surface area contributed by atoms with Crippen molar-refractivity contribution in [1.29, 1.82) is 0 Å². The summed E-state index contributed by atoms with van der Waals surface area (Å²) in [6, 6.07) is 6.62. The molecule has 4 heteroatoms. The first-order valence-electron chi connectivity index (χ1n) is 7.55. The standard InChI is InChI=1S/C17H25N3O/c1-5-8-20-12-19-10-15(20)11-21-17-9-13(2)6-7-16(17)14(3)18-4/h6-7,9-10,12,14,18H,5,8,11H2,1-4H3. The van der Waals surface area contributed by atoms with Gasteiger partial charge in [0.05, 0.1) is 18.2 Å². The van der Waals surface area contributed by atoms with Crippen LogP contribution in [0.5, 0.6) is 5.75 Å². The minimum Gasteiger partial charge on any atom is -0.487 e. The van der Waals surface area contributed by atoms with Crippen LogP contribution in [0.15, 0.2) is 30.7 Å². The fourth-order valence-corrected chi connectivity index (χ4v) is 2.34. The van der Waals surface area contributed by atoms with E-state index in [0.29, 0.717) is 6.61 Å². The molecule has 114 valence electrons. The van der Waals surface area contributed by atoms with Gasteiger partial charge in [-0.05, 0) is 38.9 Å². The van der Waals surface area contributed by atoms with E-state index in [-0.39, 0.29) is 6.04 Å². The van der Waals surface area contributed by atoms with Crippen molar-refractivity contribution in [1.82, 2.24) is 14.9 Å². The summed E-state index contributed by atoms with van der Waals surface area (Å²) < 4.78 is 8.22. The van der Waals surface area contributed by atoms with Crippen LogP contribution in [0.25, 0.3) is 0 Å². The Hall–Kier alpha value is -1.81. The molecule has 0 fully saturated rings. The fraction of sp³-hybridized carbons (Fsp3) is 0.471. The molecule has 1 heterocycles. The lowest BCUT2D eigenvalue weighted by Gasteiger charge is -2.17. The molecule has 21 heavy (non-hydrogen) atoms. The van der Waals surface area contributed by atoms with Gasteiger partial charge in [0.25, 0.3) is 0 Å². The smallest absolute Gasteiger partial charge is 0.130 e. The predicted molar refractivity (Wildman–Crippen MR) is 85.5 cm³/mol. The summed E-state index contributed by atoms with van der Waals surface area (Å²) >= 11 is 0. The van der Waals surface area contributed by atoms with Gasteiger partial charge >= 0.3 is 0 Å². The first kappa shape index (κ1) is 15.6. The van der Waals surface area contributed by atoms with Gasteiger partial charge in [-0.25, -0.2) is 4.98 Å². The Morgan fingerprint density at radius 1 is 1.38 bits per heavy atom. The Kier molecular flexibility index (Phi) is 5.39. The lowest BCUT2D eigenvalue weighted by Crippen LogP contribution is -2.14. The highest BCUT2D eigenvalue weighted by Gasteiger charge is 2.11. The third kappa shape index (κ3) is 3.85. The Morgan fingerprint density at radius 2 is 2.19 bits per heavy atom. The molecule has 2 rings (SSSR count). The Labute approximate surface area is 127 Å². The maximum Gasteiger partial charge on any atom is 0.130 e. The van der Waals surface area contributed by atoms with Crippen molar-refractivity contribution in [3.63, 3.8) is 0 Å². The third-order valence-corrected chi connectivity index (χ3v) is 3.71. The molecule has 0 bridgehead atoms. The molecule has 1 atom stereocenters. The number of hydrogen-bond acceptors (Lipinski definition) is 3. The minimum absolute atomic E-state index is 0.265. The van der Waals surface area contributed by atoms with Crippen LogP contribution in [-0.2, 0) is 13.2 Å². The van der Waals surface area contributed by atoms with Gasteiger partial charge in [0.2, 0.25) is 0 Å². The second-order valence-electron chi connectivity index (χ2n) is 5.42. The maximum atomic E-state index is 6.07. The molecule has 0 radical (unpaired) electrons. The van der Waals surface area contributed by atoms with Crippen molar-refractivity contribution in [3.05, 3.63) is 47.5 Å². The van der Waals surface area contributed by atoms with E-state index < -0.39 is 0 Å². The van der Waals surface area contributed by atoms with Gasteiger partial charge in [0, 0.05) is 18.2 Å². The van der Waals surface area contributed by atoms with E-state index >= 15 is 0 Å². The molecule has 0 saturated heterocycles. The molecule has 0 saturated carbocycles. The van der Waals surface area contributed by atoms with E-state index in [1.807, 2.05) is 19.6 Å². The first-order chi connectivity index (χ1) is 10.2. The Bertz CT molecular complexity index is 577. The number of imidazole rings is 1. The average molecular weight is 287 g/mol. The number of nitrogens with one attached hydrogen (secondary N) is 1. The van der Waals surface area contributed by atoms with Gasteiger partial charge in [-0.3, -0.25) is 0 Å². The van der Waals surface area contributed by atoms with Gasteiger partial charge in [-0.1, -0.05) is 19.1 Å². The van der Waals surface area contributed by atoms with Gasteiger partial charge < -0.3 is 14.6 Å². The van der Waals surface area contributed by atoms with Crippen LogP contribution in [0.4, 0.5) is 0 Å². The SMILES string of the molecule is CCCn1cncc1COc1cc(C)ccc1C(C)NC. The van der Waals surface area contributed by atoms with Gasteiger partial charge in [-0.2, -0.15) is 0 Å². The summed E-state index contributed by atoms with van der Waals surface area (Å²) in [6.45, 7) is 7.91. The molecule has 0 aliphatic heterocycles. The molecule has 0 aliphatic rings. The van der Waals surface area contributed by atoms with E-state index in [1.165, 1.54) is 11.1 Å². The molecule has 1 N–H and O–H groups in total. The lowest BCUT2D eigenvalue weighted by molar-refractivity contribution is 0.289.